The fourth-order valence-corrected chi connectivity index (χ4v) is 3.45. The van der Waals surface area contributed by atoms with Crippen LogP contribution in [0, 0.1) is 6.92 Å². The topological polar surface area (TPSA) is 62.5 Å². The maximum Gasteiger partial charge on any atom is 0.273 e. The maximum atomic E-state index is 12.5. The summed E-state index contributed by atoms with van der Waals surface area (Å²) in [4.78, 5) is 21.0. The molecule has 0 atom stereocenters. The zero-order valence-electron chi connectivity index (χ0n) is 13.4. The van der Waals surface area contributed by atoms with E-state index in [1.165, 1.54) is 22.5 Å². The maximum absolute atomic E-state index is 12.5. The number of rotatable bonds is 4. The van der Waals surface area contributed by atoms with Crippen LogP contribution in [0.25, 0.3) is 0 Å². The van der Waals surface area contributed by atoms with E-state index in [0.29, 0.717) is 12.2 Å². The number of amides is 1. The van der Waals surface area contributed by atoms with E-state index in [2.05, 4.69) is 41.1 Å². The molecule has 5 nitrogen and oxygen atoms in total. The van der Waals surface area contributed by atoms with E-state index in [-0.39, 0.29) is 5.91 Å². The zero-order valence-corrected chi connectivity index (χ0v) is 14.2. The lowest BCUT2D eigenvalue weighted by atomic mass is 10.1. The second-order valence-corrected chi connectivity index (χ2v) is 6.77. The Morgan fingerprint density at radius 3 is 2.65 bits per heavy atom. The molecule has 3 rings (SSSR count). The van der Waals surface area contributed by atoms with Crippen LogP contribution in [-0.2, 0) is 13.1 Å². The zero-order chi connectivity index (χ0) is 16.2. The largest absolute Gasteiger partial charge is 0.335 e. The molecule has 1 aliphatic heterocycles. The van der Waals surface area contributed by atoms with Gasteiger partial charge in [-0.05, 0) is 18.1 Å². The second kappa shape index (κ2) is 7.21. The summed E-state index contributed by atoms with van der Waals surface area (Å²) in [5, 5.41) is 2.62. The average Bonchev–Trinajstić information content (AvgIpc) is 3.06. The van der Waals surface area contributed by atoms with Crippen molar-refractivity contribution in [3.05, 3.63) is 51.5 Å². The predicted molar refractivity (Wildman–Crippen MR) is 92.4 cm³/mol. The summed E-state index contributed by atoms with van der Waals surface area (Å²) in [6, 6.07) is 8.47. The van der Waals surface area contributed by atoms with Gasteiger partial charge in [0, 0.05) is 44.6 Å². The van der Waals surface area contributed by atoms with Crippen LogP contribution < -0.4 is 5.73 Å². The van der Waals surface area contributed by atoms with Gasteiger partial charge in [0.15, 0.2) is 0 Å². The highest BCUT2D eigenvalue weighted by Crippen LogP contribution is 2.15. The highest BCUT2D eigenvalue weighted by Gasteiger charge is 2.23. The quantitative estimate of drug-likeness (QED) is 0.929. The predicted octanol–water partition coefficient (Wildman–Crippen LogP) is 1.87. The lowest BCUT2D eigenvalue weighted by Gasteiger charge is -2.34. The fourth-order valence-electron chi connectivity index (χ4n) is 2.80. The molecule has 0 radical (unpaired) electrons. The molecule has 6 heteroatoms. The number of aromatic nitrogens is 1. The van der Waals surface area contributed by atoms with Crippen LogP contribution in [0.3, 0.4) is 0 Å². The van der Waals surface area contributed by atoms with E-state index in [0.717, 1.165) is 37.7 Å². The minimum absolute atomic E-state index is 0.0245. The number of nitrogens with zero attached hydrogens (tertiary/aromatic N) is 3. The van der Waals surface area contributed by atoms with Crippen LogP contribution in [-0.4, -0.2) is 46.9 Å². The smallest absolute Gasteiger partial charge is 0.273 e. The van der Waals surface area contributed by atoms with Gasteiger partial charge in [-0.1, -0.05) is 24.3 Å². The van der Waals surface area contributed by atoms with Crippen LogP contribution in [0.2, 0.25) is 0 Å². The number of carbonyl (C=O) groups is 1. The summed E-state index contributed by atoms with van der Waals surface area (Å²) >= 11 is 1.45. The first-order chi connectivity index (χ1) is 11.2. The number of benzene rings is 1. The van der Waals surface area contributed by atoms with Crippen molar-refractivity contribution in [2.45, 2.75) is 20.0 Å². The highest BCUT2D eigenvalue weighted by atomic mass is 32.1. The van der Waals surface area contributed by atoms with Gasteiger partial charge in [0.05, 0.1) is 0 Å². The van der Waals surface area contributed by atoms with Gasteiger partial charge in [0.25, 0.3) is 5.91 Å². The summed E-state index contributed by atoms with van der Waals surface area (Å²) in [5.41, 5.74) is 8.77. The van der Waals surface area contributed by atoms with Crippen molar-refractivity contribution in [3.63, 3.8) is 0 Å². The minimum Gasteiger partial charge on any atom is -0.335 e. The second-order valence-electron chi connectivity index (χ2n) is 5.83. The number of nitrogens with two attached hydrogens (primary N) is 1. The first kappa shape index (κ1) is 16.1. The lowest BCUT2D eigenvalue weighted by molar-refractivity contribution is 0.0623. The van der Waals surface area contributed by atoms with Crippen molar-refractivity contribution in [3.8, 4) is 0 Å². The molecule has 1 aromatic carbocycles. The average molecular weight is 330 g/mol. The van der Waals surface area contributed by atoms with Gasteiger partial charge < -0.3 is 10.6 Å². The van der Waals surface area contributed by atoms with Crippen molar-refractivity contribution < 1.29 is 4.79 Å². The van der Waals surface area contributed by atoms with Crippen LogP contribution in [0.4, 0.5) is 0 Å². The summed E-state index contributed by atoms with van der Waals surface area (Å²) in [6.45, 7) is 6.78. The minimum atomic E-state index is 0.0245. The Morgan fingerprint density at radius 1 is 1.26 bits per heavy atom. The molecule has 0 saturated carbocycles. The summed E-state index contributed by atoms with van der Waals surface area (Å²) in [5.74, 6) is 0.0245. The molecule has 1 saturated heterocycles. The van der Waals surface area contributed by atoms with Gasteiger partial charge in [-0.3, -0.25) is 9.69 Å². The number of carbonyl (C=O) groups excluding carboxylic acids is 1. The van der Waals surface area contributed by atoms with E-state index in [1.807, 2.05) is 10.3 Å². The standard InChI is InChI=1S/C17H22N4OS/c1-13-4-2-3-5-14(13)11-20-6-8-21(9-7-20)17(22)15-12-23-16(10-18)19-15/h2-5,12H,6-11,18H2,1H3. The van der Waals surface area contributed by atoms with E-state index < -0.39 is 0 Å². The van der Waals surface area contributed by atoms with Crippen molar-refractivity contribution >= 4 is 17.2 Å². The van der Waals surface area contributed by atoms with Crippen molar-refractivity contribution in [2.24, 2.45) is 5.73 Å². The van der Waals surface area contributed by atoms with Crippen LogP contribution >= 0.6 is 11.3 Å². The molecule has 122 valence electrons. The van der Waals surface area contributed by atoms with E-state index in [9.17, 15) is 4.79 Å². The molecule has 0 aliphatic carbocycles. The van der Waals surface area contributed by atoms with E-state index in [4.69, 9.17) is 5.73 Å². The fraction of sp³-hybridized carbons (Fsp3) is 0.412. The Morgan fingerprint density at radius 2 is 2.00 bits per heavy atom. The first-order valence-corrected chi connectivity index (χ1v) is 8.76. The SMILES string of the molecule is Cc1ccccc1CN1CCN(C(=O)c2csc(CN)n2)CC1. The molecule has 0 unspecified atom stereocenters. The van der Waals surface area contributed by atoms with E-state index >= 15 is 0 Å². The third-order valence-corrected chi connectivity index (χ3v) is 5.13. The van der Waals surface area contributed by atoms with Crippen LogP contribution in [0.15, 0.2) is 29.6 Å². The first-order valence-electron chi connectivity index (χ1n) is 7.88. The third-order valence-electron chi connectivity index (χ3n) is 4.26. The van der Waals surface area contributed by atoms with Crippen molar-refractivity contribution in [2.75, 3.05) is 26.2 Å². The van der Waals surface area contributed by atoms with Gasteiger partial charge in [0.2, 0.25) is 0 Å². The number of piperazine rings is 1. The molecular formula is C17H22N4OS. The Labute approximate surface area is 140 Å². The number of hydrogen-bond donors (Lipinski definition) is 1. The third kappa shape index (κ3) is 3.77. The molecule has 1 fully saturated rings. The summed E-state index contributed by atoms with van der Waals surface area (Å²) < 4.78 is 0. The Bertz CT molecular complexity index is 677. The van der Waals surface area contributed by atoms with Crippen molar-refractivity contribution in [1.29, 1.82) is 0 Å². The molecule has 1 aromatic heterocycles. The molecule has 2 heterocycles. The molecule has 23 heavy (non-hydrogen) atoms. The molecule has 1 amide bonds. The molecular weight excluding hydrogens is 308 g/mol. The summed E-state index contributed by atoms with van der Waals surface area (Å²) in [7, 11) is 0. The van der Waals surface area contributed by atoms with E-state index in [1.54, 1.807) is 0 Å². The van der Waals surface area contributed by atoms with Gasteiger partial charge in [-0.15, -0.1) is 11.3 Å². The normalized spacial score (nSPS) is 15.8. The molecule has 2 N–H and O–H groups in total. The molecule has 0 spiro atoms. The molecule has 2 aromatic rings. The summed E-state index contributed by atoms with van der Waals surface area (Å²) in [6.07, 6.45) is 0. The van der Waals surface area contributed by atoms with Gasteiger partial charge in [-0.2, -0.15) is 0 Å². The molecule has 0 bridgehead atoms. The number of thiazole rings is 1. The van der Waals surface area contributed by atoms with Crippen LogP contribution in [0.1, 0.15) is 26.6 Å². The number of hydrogen-bond acceptors (Lipinski definition) is 5. The molecule has 1 aliphatic rings. The highest BCUT2D eigenvalue weighted by molar-refractivity contribution is 7.09. The van der Waals surface area contributed by atoms with Gasteiger partial charge in [-0.25, -0.2) is 4.98 Å². The van der Waals surface area contributed by atoms with Gasteiger partial charge in [0.1, 0.15) is 10.7 Å². The Kier molecular flexibility index (Phi) is 5.05. The van der Waals surface area contributed by atoms with Crippen LogP contribution in [0.5, 0.6) is 0 Å². The van der Waals surface area contributed by atoms with Crippen molar-refractivity contribution in [1.82, 2.24) is 14.8 Å². The Balaban J connectivity index is 1.56. The monoisotopic (exact) mass is 330 g/mol. The number of aryl methyl sites for hydroxylation is 1. The Hall–Kier alpha value is -1.76. The van der Waals surface area contributed by atoms with Gasteiger partial charge >= 0.3 is 0 Å². The lowest BCUT2D eigenvalue weighted by Crippen LogP contribution is -2.48.